The molecule has 0 heterocycles. The standard InChI is InChI=1S/C22H23N3O3/c1-23-21(27)17-8-5-15(6-9-17)7-12-20(26)24-14-16-3-2-4-19(13-16)25-22(28)18-10-11-18/h2-9,12-13,18H,10-11,14H2,1H3,(H,23,27)(H,24,26)(H,25,28)/b12-7+. The van der Waals surface area contributed by atoms with Gasteiger partial charge in [0.1, 0.15) is 0 Å². The van der Waals surface area contributed by atoms with Gasteiger partial charge in [0.25, 0.3) is 5.91 Å². The predicted octanol–water partition coefficient (Wildman–Crippen LogP) is 2.72. The Hall–Kier alpha value is -3.41. The van der Waals surface area contributed by atoms with Crippen molar-refractivity contribution < 1.29 is 14.4 Å². The van der Waals surface area contributed by atoms with Crippen LogP contribution in [0.5, 0.6) is 0 Å². The van der Waals surface area contributed by atoms with Crippen molar-refractivity contribution >= 4 is 29.5 Å². The lowest BCUT2D eigenvalue weighted by Crippen LogP contribution is -2.20. The van der Waals surface area contributed by atoms with E-state index in [9.17, 15) is 14.4 Å². The van der Waals surface area contributed by atoms with Gasteiger partial charge in [0.2, 0.25) is 11.8 Å². The lowest BCUT2D eigenvalue weighted by atomic mass is 10.1. The largest absolute Gasteiger partial charge is 0.355 e. The first kappa shape index (κ1) is 19.4. The molecule has 0 aromatic heterocycles. The molecule has 0 atom stereocenters. The van der Waals surface area contributed by atoms with Crippen LogP contribution in [-0.2, 0) is 16.1 Å². The van der Waals surface area contributed by atoms with Crippen molar-refractivity contribution in [3.8, 4) is 0 Å². The summed E-state index contributed by atoms with van der Waals surface area (Å²) in [7, 11) is 1.58. The van der Waals surface area contributed by atoms with Gasteiger partial charge in [0, 0.05) is 36.8 Å². The average molecular weight is 377 g/mol. The van der Waals surface area contributed by atoms with Crippen molar-refractivity contribution in [3.05, 3.63) is 71.3 Å². The van der Waals surface area contributed by atoms with E-state index in [-0.39, 0.29) is 23.6 Å². The Kier molecular flexibility index (Phi) is 6.22. The van der Waals surface area contributed by atoms with Crippen LogP contribution in [0.3, 0.4) is 0 Å². The van der Waals surface area contributed by atoms with E-state index in [0.29, 0.717) is 12.1 Å². The van der Waals surface area contributed by atoms with E-state index in [4.69, 9.17) is 0 Å². The summed E-state index contributed by atoms with van der Waals surface area (Å²) >= 11 is 0. The molecule has 0 spiro atoms. The number of hydrogen-bond acceptors (Lipinski definition) is 3. The predicted molar refractivity (Wildman–Crippen MR) is 109 cm³/mol. The van der Waals surface area contributed by atoms with Gasteiger partial charge in [-0.15, -0.1) is 0 Å². The lowest BCUT2D eigenvalue weighted by molar-refractivity contribution is -0.117. The number of carbonyl (C=O) groups is 3. The molecule has 0 aliphatic heterocycles. The zero-order valence-electron chi connectivity index (χ0n) is 15.7. The topological polar surface area (TPSA) is 87.3 Å². The molecular formula is C22H23N3O3. The van der Waals surface area contributed by atoms with Gasteiger partial charge in [0.15, 0.2) is 0 Å². The molecule has 3 amide bonds. The number of anilines is 1. The fourth-order valence-corrected chi connectivity index (χ4v) is 2.66. The molecular weight excluding hydrogens is 354 g/mol. The van der Waals surface area contributed by atoms with E-state index in [1.165, 1.54) is 6.08 Å². The Morgan fingerprint density at radius 2 is 1.82 bits per heavy atom. The average Bonchev–Trinajstić information content (AvgIpc) is 3.56. The van der Waals surface area contributed by atoms with Crippen molar-refractivity contribution in [2.45, 2.75) is 19.4 Å². The zero-order valence-corrected chi connectivity index (χ0v) is 15.7. The Labute approximate surface area is 164 Å². The Bertz CT molecular complexity index is 899. The van der Waals surface area contributed by atoms with Gasteiger partial charge in [-0.1, -0.05) is 24.3 Å². The van der Waals surface area contributed by atoms with Gasteiger partial charge in [0.05, 0.1) is 0 Å². The fraction of sp³-hybridized carbons (Fsp3) is 0.227. The number of benzene rings is 2. The third kappa shape index (κ3) is 5.54. The van der Waals surface area contributed by atoms with Crippen molar-refractivity contribution in [3.63, 3.8) is 0 Å². The smallest absolute Gasteiger partial charge is 0.251 e. The highest BCUT2D eigenvalue weighted by Crippen LogP contribution is 2.30. The third-order valence-corrected chi connectivity index (χ3v) is 4.44. The molecule has 6 heteroatoms. The summed E-state index contributed by atoms with van der Waals surface area (Å²) in [6.07, 6.45) is 5.06. The van der Waals surface area contributed by atoms with Gasteiger partial charge < -0.3 is 16.0 Å². The maximum absolute atomic E-state index is 12.0. The van der Waals surface area contributed by atoms with Crippen molar-refractivity contribution in [1.29, 1.82) is 0 Å². The number of amides is 3. The molecule has 0 unspecified atom stereocenters. The quantitative estimate of drug-likeness (QED) is 0.649. The van der Waals surface area contributed by atoms with E-state index >= 15 is 0 Å². The van der Waals surface area contributed by atoms with Gasteiger partial charge in [-0.25, -0.2) is 0 Å². The van der Waals surface area contributed by atoms with E-state index in [1.54, 1.807) is 37.4 Å². The lowest BCUT2D eigenvalue weighted by Gasteiger charge is -2.07. The van der Waals surface area contributed by atoms with E-state index in [0.717, 1.165) is 29.7 Å². The molecule has 3 N–H and O–H groups in total. The van der Waals surface area contributed by atoms with Gasteiger partial charge >= 0.3 is 0 Å². The molecule has 1 aliphatic rings. The summed E-state index contributed by atoms with van der Waals surface area (Å²) in [4.78, 5) is 35.4. The molecule has 2 aromatic carbocycles. The number of hydrogen-bond donors (Lipinski definition) is 3. The van der Waals surface area contributed by atoms with Crippen LogP contribution in [-0.4, -0.2) is 24.8 Å². The number of rotatable bonds is 7. The highest BCUT2D eigenvalue weighted by atomic mass is 16.2. The zero-order chi connectivity index (χ0) is 19.9. The third-order valence-electron chi connectivity index (χ3n) is 4.44. The molecule has 28 heavy (non-hydrogen) atoms. The fourth-order valence-electron chi connectivity index (χ4n) is 2.66. The molecule has 1 saturated carbocycles. The normalized spacial score (nSPS) is 13.2. The summed E-state index contributed by atoms with van der Waals surface area (Å²) in [5, 5.41) is 8.28. The first-order chi connectivity index (χ1) is 13.5. The molecule has 3 rings (SSSR count). The van der Waals surface area contributed by atoms with Crippen LogP contribution in [0.4, 0.5) is 5.69 Å². The molecule has 0 saturated heterocycles. The van der Waals surface area contributed by atoms with Crippen molar-refractivity contribution in [2.24, 2.45) is 5.92 Å². The van der Waals surface area contributed by atoms with Crippen LogP contribution in [0.15, 0.2) is 54.6 Å². The Morgan fingerprint density at radius 1 is 1.07 bits per heavy atom. The molecule has 2 aromatic rings. The van der Waals surface area contributed by atoms with Crippen molar-refractivity contribution in [2.75, 3.05) is 12.4 Å². The number of carbonyl (C=O) groups excluding carboxylic acids is 3. The van der Waals surface area contributed by atoms with Crippen LogP contribution >= 0.6 is 0 Å². The summed E-state index contributed by atoms with van der Waals surface area (Å²) in [6.45, 7) is 0.367. The molecule has 1 aliphatic carbocycles. The van der Waals surface area contributed by atoms with Crippen LogP contribution in [0.1, 0.15) is 34.3 Å². The Morgan fingerprint density at radius 3 is 2.50 bits per heavy atom. The Balaban J connectivity index is 1.50. The minimum Gasteiger partial charge on any atom is -0.355 e. The molecule has 6 nitrogen and oxygen atoms in total. The first-order valence-electron chi connectivity index (χ1n) is 9.23. The molecule has 1 fully saturated rings. The second kappa shape index (κ2) is 8.99. The van der Waals surface area contributed by atoms with Crippen LogP contribution in [0.25, 0.3) is 6.08 Å². The summed E-state index contributed by atoms with van der Waals surface area (Å²) in [6, 6.07) is 14.4. The summed E-state index contributed by atoms with van der Waals surface area (Å²) in [5.74, 6) is -0.155. The second-order valence-electron chi connectivity index (χ2n) is 6.72. The van der Waals surface area contributed by atoms with Gasteiger partial charge in [-0.05, 0) is 54.3 Å². The first-order valence-corrected chi connectivity index (χ1v) is 9.23. The van der Waals surface area contributed by atoms with E-state index < -0.39 is 0 Å². The number of nitrogens with one attached hydrogen (secondary N) is 3. The molecule has 0 bridgehead atoms. The van der Waals surface area contributed by atoms with Crippen LogP contribution < -0.4 is 16.0 Å². The van der Waals surface area contributed by atoms with Gasteiger partial charge in [-0.3, -0.25) is 14.4 Å². The molecule has 0 radical (unpaired) electrons. The highest BCUT2D eigenvalue weighted by Gasteiger charge is 2.29. The minimum atomic E-state index is -0.220. The molecule has 144 valence electrons. The maximum atomic E-state index is 12.0. The highest BCUT2D eigenvalue weighted by molar-refractivity contribution is 5.95. The monoisotopic (exact) mass is 377 g/mol. The van der Waals surface area contributed by atoms with Gasteiger partial charge in [-0.2, -0.15) is 0 Å². The van der Waals surface area contributed by atoms with Crippen LogP contribution in [0, 0.1) is 5.92 Å². The minimum absolute atomic E-state index is 0.0616. The maximum Gasteiger partial charge on any atom is 0.251 e. The SMILES string of the molecule is CNC(=O)c1ccc(/C=C/C(=O)NCc2cccc(NC(=O)C3CC3)c2)cc1. The summed E-state index contributed by atoms with van der Waals surface area (Å²) < 4.78 is 0. The summed E-state index contributed by atoms with van der Waals surface area (Å²) in [5.41, 5.74) is 3.05. The van der Waals surface area contributed by atoms with E-state index in [2.05, 4.69) is 16.0 Å². The van der Waals surface area contributed by atoms with Crippen LogP contribution in [0.2, 0.25) is 0 Å². The second-order valence-corrected chi connectivity index (χ2v) is 6.72. The van der Waals surface area contributed by atoms with E-state index in [1.807, 2.05) is 24.3 Å². The van der Waals surface area contributed by atoms with Crippen molar-refractivity contribution in [1.82, 2.24) is 10.6 Å².